The topological polar surface area (TPSA) is 43.4 Å². The minimum absolute atomic E-state index is 0.249. The van der Waals surface area contributed by atoms with E-state index in [0.717, 1.165) is 16.7 Å². The van der Waals surface area contributed by atoms with E-state index in [2.05, 4.69) is 0 Å². The number of aryl methyl sites for hydroxylation is 2. The summed E-state index contributed by atoms with van der Waals surface area (Å²) in [6.07, 6.45) is 0. The van der Waals surface area contributed by atoms with Crippen molar-refractivity contribution in [3.63, 3.8) is 0 Å². The van der Waals surface area contributed by atoms with Crippen molar-refractivity contribution in [2.45, 2.75) is 37.9 Å². The smallest absolute Gasteiger partial charge is 0.287 e. The summed E-state index contributed by atoms with van der Waals surface area (Å²) in [5.74, 6) is 0. The first-order valence-electron chi connectivity index (χ1n) is 7.26. The van der Waals surface area contributed by atoms with Gasteiger partial charge in [-0.2, -0.15) is 8.42 Å². The van der Waals surface area contributed by atoms with E-state index in [9.17, 15) is 8.42 Å². The van der Waals surface area contributed by atoms with Gasteiger partial charge in [-0.3, -0.25) is 0 Å². The van der Waals surface area contributed by atoms with Gasteiger partial charge in [0.2, 0.25) is 8.32 Å². The zero-order valence-corrected chi connectivity index (χ0v) is 15.3. The molecular weight excluding hydrogens is 312 g/mol. The third-order valence-corrected chi connectivity index (χ3v) is 8.05. The molecule has 5 heteroatoms. The zero-order chi connectivity index (χ0) is 16.4. The van der Waals surface area contributed by atoms with Crippen LogP contribution < -0.4 is 0 Å². The minimum atomic E-state index is -3.72. The first-order valence-corrected chi connectivity index (χ1v) is 11.8. The van der Waals surface area contributed by atoms with E-state index in [1.54, 1.807) is 12.1 Å². The molecular formula is C17H22O3SSi. The summed E-state index contributed by atoms with van der Waals surface area (Å²) in [4.78, 5) is 0.249. The molecule has 0 saturated carbocycles. The molecule has 0 atom stereocenters. The molecule has 0 aromatic heterocycles. The van der Waals surface area contributed by atoms with E-state index in [1.165, 1.54) is 0 Å². The highest BCUT2D eigenvalue weighted by Gasteiger charge is 2.31. The highest BCUT2D eigenvalue weighted by Crippen LogP contribution is 2.22. The molecule has 0 aliphatic carbocycles. The predicted molar refractivity (Wildman–Crippen MR) is 91.8 cm³/mol. The van der Waals surface area contributed by atoms with Gasteiger partial charge in [0.15, 0.2) is 0 Å². The van der Waals surface area contributed by atoms with Gasteiger partial charge in [0, 0.05) is 0 Å². The lowest BCUT2D eigenvalue weighted by molar-refractivity contribution is 0.481. The molecule has 0 aliphatic heterocycles. The molecule has 2 aromatic rings. The number of benzene rings is 2. The Morgan fingerprint density at radius 2 is 1.50 bits per heavy atom. The van der Waals surface area contributed by atoms with Gasteiger partial charge < -0.3 is 3.87 Å². The van der Waals surface area contributed by atoms with Gasteiger partial charge in [-0.15, -0.1) is 0 Å². The molecule has 2 aromatic carbocycles. The molecule has 0 heterocycles. The van der Waals surface area contributed by atoms with E-state index < -0.39 is 18.4 Å². The van der Waals surface area contributed by atoms with Crippen LogP contribution in [0, 0.1) is 13.8 Å². The average Bonchev–Trinajstić information content (AvgIpc) is 2.36. The lowest BCUT2D eigenvalue weighted by Crippen LogP contribution is -2.36. The van der Waals surface area contributed by atoms with Crippen LogP contribution in [0.2, 0.25) is 13.1 Å². The van der Waals surface area contributed by atoms with Crippen LogP contribution in [0.15, 0.2) is 53.4 Å². The highest BCUT2D eigenvalue weighted by atomic mass is 32.2. The SMILES string of the molecule is Cc1cc(C)cc(S(=O)(=O)O[Si](C)(C)Cc2ccccc2)c1. The Morgan fingerprint density at radius 1 is 0.955 bits per heavy atom. The van der Waals surface area contributed by atoms with Crippen molar-refractivity contribution in [3.05, 3.63) is 65.2 Å². The van der Waals surface area contributed by atoms with Crippen LogP contribution in [0.5, 0.6) is 0 Å². The van der Waals surface area contributed by atoms with E-state index in [-0.39, 0.29) is 4.90 Å². The van der Waals surface area contributed by atoms with E-state index in [4.69, 9.17) is 3.87 Å². The van der Waals surface area contributed by atoms with Gasteiger partial charge in [-0.05, 0) is 61.8 Å². The van der Waals surface area contributed by atoms with Crippen molar-refractivity contribution >= 4 is 18.4 Å². The molecule has 0 fully saturated rings. The van der Waals surface area contributed by atoms with E-state index in [0.29, 0.717) is 6.04 Å². The molecule has 0 bridgehead atoms. The molecule has 3 nitrogen and oxygen atoms in total. The lowest BCUT2D eigenvalue weighted by Gasteiger charge is -2.22. The van der Waals surface area contributed by atoms with Crippen LogP contribution in [-0.4, -0.2) is 16.7 Å². The largest absolute Gasteiger partial charge is 0.311 e. The maximum Gasteiger partial charge on any atom is 0.287 e. The van der Waals surface area contributed by atoms with Crippen LogP contribution in [0.25, 0.3) is 0 Å². The summed E-state index contributed by atoms with van der Waals surface area (Å²) in [5, 5.41) is 0. The van der Waals surface area contributed by atoms with Gasteiger partial charge in [-0.25, -0.2) is 0 Å². The monoisotopic (exact) mass is 334 g/mol. The highest BCUT2D eigenvalue weighted by molar-refractivity contribution is 7.87. The lowest BCUT2D eigenvalue weighted by atomic mass is 10.2. The Kier molecular flexibility index (Phi) is 4.89. The third-order valence-electron chi connectivity index (χ3n) is 3.29. The maximum absolute atomic E-state index is 12.6. The average molecular weight is 335 g/mol. The normalized spacial score (nSPS) is 12.4. The first kappa shape index (κ1) is 16.9. The molecule has 0 saturated heterocycles. The molecule has 0 amide bonds. The fourth-order valence-electron chi connectivity index (χ4n) is 2.54. The fraction of sp³-hybridized carbons (Fsp3) is 0.294. The Morgan fingerprint density at radius 3 is 2.05 bits per heavy atom. The Hall–Kier alpha value is -1.43. The zero-order valence-electron chi connectivity index (χ0n) is 13.5. The molecule has 2 rings (SSSR count). The van der Waals surface area contributed by atoms with Gasteiger partial charge in [0.1, 0.15) is 0 Å². The standard InChI is InChI=1S/C17H22O3SSi/c1-14-10-15(2)12-17(11-14)21(18,19)20-22(3,4)13-16-8-6-5-7-9-16/h5-12H,13H2,1-4H3. The van der Waals surface area contributed by atoms with Crippen molar-refractivity contribution in [1.82, 2.24) is 0 Å². The molecule has 0 radical (unpaired) electrons. The van der Waals surface area contributed by atoms with Gasteiger partial charge in [-0.1, -0.05) is 36.4 Å². The van der Waals surface area contributed by atoms with Crippen LogP contribution in [-0.2, 0) is 20.0 Å². The molecule has 0 N–H and O–H groups in total. The number of hydrogen-bond donors (Lipinski definition) is 0. The number of hydrogen-bond acceptors (Lipinski definition) is 3. The molecule has 22 heavy (non-hydrogen) atoms. The molecule has 118 valence electrons. The van der Waals surface area contributed by atoms with Crippen molar-refractivity contribution in [2.24, 2.45) is 0 Å². The second kappa shape index (κ2) is 6.36. The Balaban J connectivity index is 2.23. The van der Waals surface area contributed by atoms with E-state index in [1.807, 2.05) is 63.3 Å². The first-order chi connectivity index (χ1) is 10.2. The summed E-state index contributed by atoms with van der Waals surface area (Å²) in [6.45, 7) is 7.64. The van der Waals surface area contributed by atoms with Gasteiger partial charge >= 0.3 is 0 Å². The molecule has 0 spiro atoms. The Labute approximate surface area is 134 Å². The van der Waals surface area contributed by atoms with Crippen molar-refractivity contribution in [2.75, 3.05) is 0 Å². The predicted octanol–water partition coefficient (Wildman–Crippen LogP) is 4.00. The summed E-state index contributed by atoms with van der Waals surface area (Å²) in [7, 11) is -6.11. The second-order valence-corrected chi connectivity index (χ2v) is 12.2. The van der Waals surface area contributed by atoms with Crippen LogP contribution in [0.3, 0.4) is 0 Å². The molecule has 0 unspecified atom stereocenters. The summed E-state index contributed by atoms with van der Waals surface area (Å²) >= 11 is 0. The van der Waals surface area contributed by atoms with Crippen LogP contribution >= 0.6 is 0 Å². The van der Waals surface area contributed by atoms with Gasteiger partial charge in [0.05, 0.1) is 4.90 Å². The third kappa shape index (κ3) is 4.53. The number of rotatable bonds is 5. The van der Waals surface area contributed by atoms with Crippen molar-refractivity contribution in [3.8, 4) is 0 Å². The van der Waals surface area contributed by atoms with Gasteiger partial charge in [0.25, 0.3) is 10.1 Å². The molecule has 0 aliphatic rings. The quantitative estimate of drug-likeness (QED) is 0.776. The van der Waals surface area contributed by atoms with Crippen molar-refractivity contribution in [1.29, 1.82) is 0 Å². The summed E-state index contributed by atoms with van der Waals surface area (Å²) in [5.41, 5.74) is 2.95. The van der Waals surface area contributed by atoms with Crippen molar-refractivity contribution < 1.29 is 12.3 Å². The van der Waals surface area contributed by atoms with E-state index >= 15 is 0 Å². The Bertz CT molecular complexity index is 732. The van der Waals surface area contributed by atoms with Crippen LogP contribution in [0.4, 0.5) is 0 Å². The maximum atomic E-state index is 12.6. The summed E-state index contributed by atoms with van der Waals surface area (Å²) < 4.78 is 30.7. The fourth-order valence-corrected chi connectivity index (χ4v) is 7.42. The minimum Gasteiger partial charge on any atom is -0.311 e. The second-order valence-electron chi connectivity index (χ2n) is 6.28. The van der Waals surface area contributed by atoms with Crippen LogP contribution in [0.1, 0.15) is 16.7 Å². The summed E-state index contributed by atoms with van der Waals surface area (Å²) in [6, 6.07) is 15.8.